The Hall–Kier alpha value is -2.13. The molecule has 1 aromatic carbocycles. The zero-order valence-corrected chi connectivity index (χ0v) is 12.5. The van der Waals surface area contributed by atoms with Gasteiger partial charge in [-0.15, -0.1) is 16.9 Å². The fourth-order valence-electron chi connectivity index (χ4n) is 2.19. The van der Waals surface area contributed by atoms with Gasteiger partial charge in [-0.3, -0.25) is 0 Å². The fourth-order valence-corrected chi connectivity index (χ4v) is 3.12. The SMILES string of the molecule is C1=CC=CCC=C1.C1=Cc2ccc3c(c2=NN=C1)=CCS3. The van der Waals surface area contributed by atoms with Crippen LogP contribution in [0.3, 0.4) is 0 Å². The van der Waals surface area contributed by atoms with E-state index in [0.717, 1.165) is 23.1 Å². The smallest absolute Gasteiger partial charge is 0.101 e. The molecule has 0 saturated carbocycles. The van der Waals surface area contributed by atoms with Crippen LogP contribution in [0.5, 0.6) is 0 Å². The first-order valence-corrected chi connectivity index (χ1v) is 7.96. The fraction of sp³-hybridized carbons (Fsp3) is 0.111. The van der Waals surface area contributed by atoms with E-state index in [2.05, 4.69) is 52.7 Å². The van der Waals surface area contributed by atoms with E-state index in [1.165, 1.54) is 10.1 Å². The Morgan fingerprint density at radius 3 is 2.67 bits per heavy atom. The third-order valence-electron chi connectivity index (χ3n) is 3.20. The number of fused-ring (bicyclic) bond motifs is 3. The van der Waals surface area contributed by atoms with E-state index >= 15 is 0 Å². The molecule has 0 amide bonds. The van der Waals surface area contributed by atoms with Crippen LogP contribution in [0.15, 0.2) is 69.8 Å². The molecule has 0 radical (unpaired) electrons. The Balaban J connectivity index is 0.000000160. The second-order valence-electron chi connectivity index (χ2n) is 4.63. The minimum Gasteiger partial charge on any atom is -0.159 e. The van der Waals surface area contributed by atoms with Gasteiger partial charge >= 0.3 is 0 Å². The zero-order chi connectivity index (χ0) is 14.3. The minimum absolute atomic E-state index is 1.01. The van der Waals surface area contributed by atoms with E-state index in [1.54, 1.807) is 6.21 Å². The summed E-state index contributed by atoms with van der Waals surface area (Å²) in [4.78, 5) is 1.32. The minimum atomic E-state index is 1.01. The second-order valence-corrected chi connectivity index (χ2v) is 5.69. The normalized spacial score (nSPS) is 16.8. The lowest BCUT2D eigenvalue weighted by Gasteiger charge is -1.96. The van der Waals surface area contributed by atoms with E-state index < -0.39 is 0 Å². The highest BCUT2D eigenvalue weighted by Crippen LogP contribution is 2.17. The van der Waals surface area contributed by atoms with Crippen LogP contribution in [0, 0.1) is 0 Å². The molecule has 3 heteroatoms. The van der Waals surface area contributed by atoms with Crippen molar-refractivity contribution in [3.63, 3.8) is 0 Å². The van der Waals surface area contributed by atoms with E-state index in [9.17, 15) is 0 Å². The molecule has 0 bridgehead atoms. The maximum absolute atomic E-state index is 4.22. The number of thioether (sulfide) groups is 1. The lowest BCUT2D eigenvalue weighted by Crippen LogP contribution is -2.27. The molecule has 0 atom stereocenters. The van der Waals surface area contributed by atoms with Gasteiger partial charge < -0.3 is 0 Å². The Morgan fingerprint density at radius 1 is 0.952 bits per heavy atom. The first-order chi connectivity index (χ1) is 10.4. The number of hydrogen-bond acceptors (Lipinski definition) is 3. The number of hydrogen-bond donors (Lipinski definition) is 0. The maximum Gasteiger partial charge on any atom is 0.101 e. The summed E-state index contributed by atoms with van der Waals surface area (Å²) in [5.74, 6) is 1.05. The van der Waals surface area contributed by atoms with Gasteiger partial charge in [-0.2, -0.15) is 5.10 Å². The Labute approximate surface area is 128 Å². The summed E-state index contributed by atoms with van der Waals surface area (Å²) in [6.07, 6.45) is 21.4. The average molecular weight is 292 g/mol. The molecule has 0 fully saturated rings. The van der Waals surface area contributed by atoms with Gasteiger partial charge in [0, 0.05) is 27.6 Å². The second kappa shape index (κ2) is 7.04. The van der Waals surface area contributed by atoms with E-state index in [0.29, 0.717) is 0 Å². The van der Waals surface area contributed by atoms with E-state index in [1.807, 2.05) is 36.1 Å². The molecule has 104 valence electrons. The molecule has 2 heterocycles. The summed E-state index contributed by atoms with van der Waals surface area (Å²) < 4.78 is 0. The average Bonchev–Trinajstić information content (AvgIpc) is 2.74. The lowest BCUT2D eigenvalue weighted by atomic mass is 10.1. The Bertz CT molecular complexity index is 766. The van der Waals surface area contributed by atoms with Crippen molar-refractivity contribution < 1.29 is 0 Å². The van der Waals surface area contributed by atoms with E-state index in [4.69, 9.17) is 0 Å². The van der Waals surface area contributed by atoms with Gasteiger partial charge in [-0.25, -0.2) is 0 Å². The van der Waals surface area contributed by atoms with Crippen LogP contribution in [0.4, 0.5) is 0 Å². The molecule has 2 aliphatic heterocycles. The van der Waals surface area contributed by atoms with Crippen molar-refractivity contribution in [1.29, 1.82) is 0 Å². The van der Waals surface area contributed by atoms with Gasteiger partial charge in [0.1, 0.15) is 5.36 Å². The van der Waals surface area contributed by atoms with Gasteiger partial charge in [-0.1, -0.05) is 54.7 Å². The molecule has 1 aromatic rings. The van der Waals surface area contributed by atoms with Gasteiger partial charge in [0.25, 0.3) is 0 Å². The highest BCUT2D eigenvalue weighted by atomic mass is 32.2. The molecular formula is C18H16N2S. The van der Waals surface area contributed by atoms with Crippen molar-refractivity contribution in [3.8, 4) is 0 Å². The first kappa shape index (κ1) is 13.8. The molecule has 2 nitrogen and oxygen atoms in total. The third-order valence-corrected chi connectivity index (χ3v) is 4.20. The quantitative estimate of drug-likeness (QED) is 0.720. The predicted molar refractivity (Wildman–Crippen MR) is 92.0 cm³/mol. The summed E-state index contributed by atoms with van der Waals surface area (Å²) in [6.45, 7) is 0. The molecule has 4 rings (SSSR count). The highest BCUT2D eigenvalue weighted by molar-refractivity contribution is 7.99. The summed E-state index contributed by atoms with van der Waals surface area (Å²) in [6, 6.07) is 4.27. The standard InChI is InChI=1S/C11H8N2S.C7H8/c1-2-8-3-4-10-9(5-7-14-10)11(8)13-12-6-1;1-2-4-6-7-5-3-1/h1-6H,7H2;1-6H,7H2. The van der Waals surface area contributed by atoms with Gasteiger partial charge in [0.2, 0.25) is 0 Å². The Morgan fingerprint density at radius 2 is 1.81 bits per heavy atom. The Kier molecular flexibility index (Phi) is 4.64. The molecule has 1 aliphatic carbocycles. The molecule has 0 unspecified atom stereocenters. The molecule has 3 aliphatic rings. The molecular weight excluding hydrogens is 276 g/mol. The van der Waals surface area contributed by atoms with Crippen molar-refractivity contribution >= 4 is 30.1 Å². The summed E-state index contributed by atoms with van der Waals surface area (Å²) in [5.41, 5.74) is 1.15. The van der Waals surface area contributed by atoms with E-state index in [-0.39, 0.29) is 0 Å². The van der Waals surface area contributed by atoms with Crippen molar-refractivity contribution in [2.75, 3.05) is 5.75 Å². The molecule has 0 aromatic heterocycles. The summed E-state index contributed by atoms with van der Waals surface area (Å²) in [7, 11) is 0. The van der Waals surface area contributed by atoms with Crippen molar-refractivity contribution in [1.82, 2.24) is 0 Å². The van der Waals surface area contributed by atoms with Crippen LogP contribution < -0.4 is 10.6 Å². The maximum atomic E-state index is 4.22. The van der Waals surface area contributed by atoms with Gasteiger partial charge in [-0.05, 0) is 18.6 Å². The summed E-state index contributed by atoms with van der Waals surface area (Å²) in [5, 5.41) is 10.5. The van der Waals surface area contributed by atoms with Crippen LogP contribution in [0.2, 0.25) is 0 Å². The van der Waals surface area contributed by atoms with Crippen molar-refractivity contribution in [3.05, 3.63) is 70.8 Å². The molecule has 21 heavy (non-hydrogen) atoms. The van der Waals surface area contributed by atoms with Crippen LogP contribution in [0.25, 0.3) is 12.2 Å². The number of rotatable bonds is 0. The van der Waals surface area contributed by atoms with Crippen LogP contribution in [-0.2, 0) is 0 Å². The topological polar surface area (TPSA) is 24.7 Å². The number of nitrogens with zero attached hydrogens (tertiary/aromatic N) is 2. The summed E-state index contributed by atoms with van der Waals surface area (Å²) >= 11 is 1.86. The monoisotopic (exact) mass is 292 g/mol. The van der Waals surface area contributed by atoms with Crippen molar-refractivity contribution in [2.24, 2.45) is 10.2 Å². The van der Waals surface area contributed by atoms with Crippen LogP contribution >= 0.6 is 11.8 Å². The zero-order valence-electron chi connectivity index (χ0n) is 11.6. The first-order valence-electron chi connectivity index (χ1n) is 6.97. The number of allylic oxidation sites excluding steroid dienone is 7. The third kappa shape index (κ3) is 3.50. The van der Waals surface area contributed by atoms with Crippen LogP contribution in [-0.4, -0.2) is 12.0 Å². The van der Waals surface area contributed by atoms with Gasteiger partial charge in [0.05, 0.1) is 0 Å². The molecule has 0 saturated heterocycles. The number of benzene rings is 1. The van der Waals surface area contributed by atoms with Crippen molar-refractivity contribution in [2.45, 2.75) is 11.3 Å². The highest BCUT2D eigenvalue weighted by Gasteiger charge is 2.07. The molecule has 0 N–H and O–H groups in total. The van der Waals surface area contributed by atoms with Crippen LogP contribution in [0.1, 0.15) is 12.0 Å². The molecule has 0 spiro atoms. The lowest BCUT2D eigenvalue weighted by molar-refractivity contribution is 1.11. The van der Waals surface area contributed by atoms with Gasteiger partial charge in [0.15, 0.2) is 0 Å². The predicted octanol–water partition coefficient (Wildman–Crippen LogP) is 3.26. The largest absolute Gasteiger partial charge is 0.159 e.